The molecule has 224 valence electrons. The van der Waals surface area contributed by atoms with Gasteiger partial charge in [-0.15, -0.1) is 0 Å². The largest absolute Gasteiger partial charge is 0.352 e. The van der Waals surface area contributed by atoms with E-state index in [2.05, 4.69) is 35.1 Å². The first-order valence-electron chi connectivity index (χ1n) is 14.5. The van der Waals surface area contributed by atoms with Gasteiger partial charge in [-0.05, 0) is 80.1 Å². The van der Waals surface area contributed by atoms with Crippen LogP contribution in [0, 0.1) is 6.92 Å². The Hall–Kier alpha value is -3.17. The molecule has 7 nitrogen and oxygen atoms in total. The molecule has 1 aliphatic carbocycles. The molecule has 3 aromatic carbocycles. The molecule has 42 heavy (non-hydrogen) atoms. The Bertz CT molecular complexity index is 1470. The number of amides is 2. The quantitative estimate of drug-likeness (QED) is 0.254. The van der Waals surface area contributed by atoms with Crippen molar-refractivity contribution in [3.8, 4) is 0 Å². The van der Waals surface area contributed by atoms with Gasteiger partial charge >= 0.3 is 0 Å². The van der Waals surface area contributed by atoms with Crippen molar-refractivity contribution in [1.29, 1.82) is 0 Å². The molecule has 3 aromatic rings. The van der Waals surface area contributed by atoms with E-state index in [1.165, 1.54) is 4.90 Å². The summed E-state index contributed by atoms with van der Waals surface area (Å²) in [6.07, 6.45) is 3.99. The van der Waals surface area contributed by atoms with E-state index in [1.807, 2.05) is 43.3 Å². The summed E-state index contributed by atoms with van der Waals surface area (Å²) in [6, 6.07) is 20.7. The molecule has 1 saturated carbocycles. The maximum absolute atomic E-state index is 14.1. The number of anilines is 1. The van der Waals surface area contributed by atoms with Crippen LogP contribution in [0.3, 0.4) is 0 Å². The minimum Gasteiger partial charge on any atom is -0.352 e. The van der Waals surface area contributed by atoms with Crippen molar-refractivity contribution >= 4 is 43.5 Å². The fraction of sp³-hybridized carbons (Fsp3) is 0.394. The number of rotatable bonds is 11. The van der Waals surface area contributed by atoms with Gasteiger partial charge in [-0.25, -0.2) is 8.42 Å². The minimum absolute atomic E-state index is 0.0975. The van der Waals surface area contributed by atoms with Gasteiger partial charge in [0.15, 0.2) is 0 Å². The molecule has 0 heterocycles. The van der Waals surface area contributed by atoms with Gasteiger partial charge in [0.05, 0.1) is 10.6 Å². The van der Waals surface area contributed by atoms with Gasteiger partial charge < -0.3 is 10.2 Å². The predicted octanol–water partition coefficient (Wildman–Crippen LogP) is 6.55. The SMILES string of the molecule is Cc1ccc(S(=O)(=O)N(CC(=O)N(Cc2ccc(Br)cc2)[C@H](C)C(=O)NC2CCCC2)c2ccc(C(C)C)cc2)cc1. The Morgan fingerprint density at radius 3 is 2.07 bits per heavy atom. The van der Waals surface area contributed by atoms with Gasteiger partial charge in [0.2, 0.25) is 11.8 Å². The van der Waals surface area contributed by atoms with Crippen molar-refractivity contribution in [3.05, 3.63) is 94.0 Å². The average molecular weight is 655 g/mol. The second-order valence-corrected chi connectivity index (χ2v) is 14.2. The summed E-state index contributed by atoms with van der Waals surface area (Å²) >= 11 is 3.44. The molecule has 0 saturated heterocycles. The fourth-order valence-electron chi connectivity index (χ4n) is 5.15. The molecule has 0 unspecified atom stereocenters. The van der Waals surface area contributed by atoms with Gasteiger partial charge in [0, 0.05) is 17.1 Å². The number of benzene rings is 3. The smallest absolute Gasteiger partial charge is 0.264 e. The van der Waals surface area contributed by atoms with E-state index in [1.54, 1.807) is 43.3 Å². The van der Waals surface area contributed by atoms with Crippen molar-refractivity contribution in [2.45, 2.75) is 82.8 Å². The Balaban J connectivity index is 1.69. The third kappa shape index (κ3) is 7.81. The summed E-state index contributed by atoms with van der Waals surface area (Å²) in [5.74, 6) is -0.430. The van der Waals surface area contributed by atoms with E-state index >= 15 is 0 Å². The molecule has 9 heteroatoms. The second-order valence-electron chi connectivity index (χ2n) is 11.4. The number of carbonyl (C=O) groups excluding carboxylic acids is 2. The number of aryl methyl sites for hydroxylation is 1. The van der Waals surface area contributed by atoms with Crippen molar-refractivity contribution in [1.82, 2.24) is 10.2 Å². The number of sulfonamides is 1. The summed E-state index contributed by atoms with van der Waals surface area (Å²) in [5, 5.41) is 3.10. The first-order valence-corrected chi connectivity index (χ1v) is 16.7. The molecule has 4 rings (SSSR count). The predicted molar refractivity (Wildman–Crippen MR) is 171 cm³/mol. The number of hydrogen-bond acceptors (Lipinski definition) is 4. The molecule has 0 aliphatic heterocycles. The van der Waals surface area contributed by atoms with Crippen LogP contribution in [0.1, 0.15) is 69.1 Å². The summed E-state index contributed by atoms with van der Waals surface area (Å²) in [7, 11) is -4.10. The zero-order valence-corrected chi connectivity index (χ0v) is 27.1. The molecule has 1 N–H and O–H groups in total. The normalized spacial score (nSPS) is 14.5. The zero-order chi connectivity index (χ0) is 30.4. The Morgan fingerprint density at radius 2 is 1.50 bits per heavy atom. The maximum atomic E-state index is 14.1. The lowest BCUT2D eigenvalue weighted by Crippen LogP contribution is -2.52. The molecule has 1 aliphatic rings. The number of nitrogens with one attached hydrogen (secondary N) is 1. The van der Waals surface area contributed by atoms with Crippen molar-refractivity contribution < 1.29 is 18.0 Å². The highest BCUT2D eigenvalue weighted by Crippen LogP contribution is 2.27. The van der Waals surface area contributed by atoms with Crippen LogP contribution in [0.5, 0.6) is 0 Å². The molecule has 0 bridgehead atoms. The van der Waals surface area contributed by atoms with Gasteiger partial charge in [0.25, 0.3) is 10.0 Å². The number of halogens is 1. The van der Waals surface area contributed by atoms with Gasteiger partial charge in [-0.2, -0.15) is 0 Å². The molecular formula is C33H40BrN3O4S. The number of carbonyl (C=O) groups is 2. The summed E-state index contributed by atoms with van der Waals surface area (Å²) in [6.45, 7) is 7.44. The lowest BCUT2D eigenvalue weighted by molar-refractivity contribution is -0.139. The van der Waals surface area contributed by atoms with Crippen LogP contribution in [0.15, 0.2) is 82.2 Å². The van der Waals surface area contributed by atoms with Crippen LogP contribution in [0.25, 0.3) is 0 Å². The molecular weight excluding hydrogens is 614 g/mol. The van der Waals surface area contributed by atoms with E-state index in [0.29, 0.717) is 5.69 Å². The average Bonchev–Trinajstić information content (AvgIpc) is 3.48. The lowest BCUT2D eigenvalue weighted by atomic mass is 10.0. The fourth-order valence-corrected chi connectivity index (χ4v) is 6.83. The van der Waals surface area contributed by atoms with Crippen LogP contribution >= 0.6 is 15.9 Å². The Kier molecular flexibility index (Phi) is 10.5. The lowest BCUT2D eigenvalue weighted by Gasteiger charge is -2.32. The van der Waals surface area contributed by atoms with Crippen LogP contribution in [0.4, 0.5) is 5.69 Å². The van der Waals surface area contributed by atoms with E-state index in [-0.39, 0.29) is 29.3 Å². The van der Waals surface area contributed by atoms with Crippen molar-refractivity contribution in [2.24, 2.45) is 0 Å². The monoisotopic (exact) mass is 653 g/mol. The first kappa shape index (κ1) is 31.8. The van der Waals surface area contributed by atoms with Crippen molar-refractivity contribution in [3.63, 3.8) is 0 Å². The molecule has 1 atom stereocenters. The van der Waals surface area contributed by atoms with Crippen molar-refractivity contribution in [2.75, 3.05) is 10.8 Å². The van der Waals surface area contributed by atoms with Crippen LogP contribution in [-0.2, 0) is 26.2 Å². The van der Waals surface area contributed by atoms with Crippen LogP contribution < -0.4 is 9.62 Å². The summed E-state index contributed by atoms with van der Waals surface area (Å²) < 4.78 is 30.1. The van der Waals surface area contributed by atoms with Gasteiger partial charge in [-0.1, -0.05) is 84.6 Å². The van der Waals surface area contributed by atoms with Gasteiger partial charge in [0.1, 0.15) is 12.6 Å². The number of nitrogens with zero attached hydrogens (tertiary/aromatic N) is 2. The summed E-state index contributed by atoms with van der Waals surface area (Å²) in [4.78, 5) is 29.0. The van der Waals surface area contributed by atoms with E-state index in [0.717, 1.165) is 51.2 Å². The number of hydrogen-bond donors (Lipinski definition) is 1. The van der Waals surface area contributed by atoms with Gasteiger partial charge in [-0.3, -0.25) is 13.9 Å². The molecule has 2 amide bonds. The molecule has 0 spiro atoms. The third-order valence-corrected chi connectivity index (χ3v) is 10.2. The highest BCUT2D eigenvalue weighted by Gasteiger charge is 2.33. The van der Waals surface area contributed by atoms with Crippen LogP contribution in [-0.4, -0.2) is 43.8 Å². The molecule has 0 radical (unpaired) electrons. The Morgan fingerprint density at radius 1 is 0.905 bits per heavy atom. The van der Waals surface area contributed by atoms with E-state index in [9.17, 15) is 18.0 Å². The van der Waals surface area contributed by atoms with Crippen LogP contribution in [0.2, 0.25) is 0 Å². The van der Waals surface area contributed by atoms with E-state index in [4.69, 9.17) is 0 Å². The maximum Gasteiger partial charge on any atom is 0.264 e. The molecule has 1 fully saturated rings. The Labute approximate surface area is 258 Å². The standard InChI is InChI=1S/C33H40BrN3O4S/c1-23(2)27-13-17-30(18-14-27)37(42(40,41)31-19-9-24(3)10-20-31)22-32(38)36(21-26-11-15-28(34)16-12-26)25(4)33(39)35-29-7-5-6-8-29/h9-20,23,25,29H,5-8,21-22H2,1-4H3,(H,35,39)/t25-/m1/s1. The van der Waals surface area contributed by atoms with E-state index < -0.39 is 28.5 Å². The highest BCUT2D eigenvalue weighted by atomic mass is 79.9. The molecule has 0 aromatic heterocycles. The topological polar surface area (TPSA) is 86.8 Å². The first-order chi connectivity index (χ1) is 20.0. The third-order valence-electron chi connectivity index (χ3n) is 7.87. The second kappa shape index (κ2) is 13.9. The zero-order valence-electron chi connectivity index (χ0n) is 24.7. The summed E-state index contributed by atoms with van der Waals surface area (Å²) in [5.41, 5.74) is 3.22. The minimum atomic E-state index is -4.10. The highest BCUT2D eigenvalue weighted by molar-refractivity contribution is 9.10.